The maximum absolute atomic E-state index is 4.83. The van der Waals surface area contributed by atoms with Gasteiger partial charge in [0.15, 0.2) is 0 Å². The monoisotopic (exact) mass is 219 g/mol. The van der Waals surface area contributed by atoms with E-state index in [2.05, 4.69) is 23.0 Å². The van der Waals surface area contributed by atoms with Crippen molar-refractivity contribution in [2.24, 2.45) is 5.92 Å². The van der Waals surface area contributed by atoms with Crippen LogP contribution in [0.1, 0.15) is 50.2 Å². The molecule has 1 N–H and O–H groups in total. The lowest BCUT2D eigenvalue weighted by Crippen LogP contribution is -2.27. The van der Waals surface area contributed by atoms with Gasteiger partial charge in [-0.05, 0) is 31.7 Å². The number of nitrogens with one attached hydrogen (secondary N) is 1. The average Bonchev–Trinajstić information content (AvgIpc) is 2.73. The van der Waals surface area contributed by atoms with Crippen molar-refractivity contribution in [1.82, 2.24) is 14.9 Å². The summed E-state index contributed by atoms with van der Waals surface area (Å²) in [6.45, 7) is 4.65. The van der Waals surface area contributed by atoms with Crippen molar-refractivity contribution in [1.29, 1.82) is 0 Å². The number of nitrogens with zero attached hydrogens (tertiary/aromatic N) is 2. The molecule has 2 aliphatic rings. The van der Waals surface area contributed by atoms with Gasteiger partial charge < -0.3 is 9.88 Å². The van der Waals surface area contributed by atoms with E-state index in [-0.39, 0.29) is 0 Å². The molecule has 0 spiro atoms. The summed E-state index contributed by atoms with van der Waals surface area (Å²) in [7, 11) is 0. The highest BCUT2D eigenvalue weighted by molar-refractivity contribution is 5.11. The van der Waals surface area contributed by atoms with Gasteiger partial charge in [-0.1, -0.05) is 13.3 Å². The zero-order chi connectivity index (χ0) is 11.0. The van der Waals surface area contributed by atoms with Gasteiger partial charge in [0.05, 0.1) is 11.7 Å². The molecule has 16 heavy (non-hydrogen) atoms. The van der Waals surface area contributed by atoms with E-state index in [0.717, 1.165) is 25.4 Å². The van der Waals surface area contributed by atoms with Crippen LogP contribution in [0.4, 0.5) is 0 Å². The van der Waals surface area contributed by atoms with E-state index < -0.39 is 0 Å². The topological polar surface area (TPSA) is 29.9 Å². The third-order valence-electron chi connectivity index (χ3n) is 3.94. The summed E-state index contributed by atoms with van der Waals surface area (Å²) in [6.07, 6.45) is 8.67. The molecule has 2 aliphatic heterocycles. The number of piperidine rings is 1. The highest BCUT2D eigenvalue weighted by Gasteiger charge is 2.22. The first-order chi connectivity index (χ1) is 7.83. The van der Waals surface area contributed by atoms with Crippen LogP contribution in [0.3, 0.4) is 0 Å². The van der Waals surface area contributed by atoms with E-state index in [1.807, 2.05) is 0 Å². The summed E-state index contributed by atoms with van der Waals surface area (Å²) in [5, 5.41) is 3.58. The second-order valence-electron chi connectivity index (χ2n) is 5.38. The minimum atomic E-state index is 0.516. The SMILES string of the molecule is CC1CCn2cc(C3CCCCN3)nc2C1. The van der Waals surface area contributed by atoms with Gasteiger partial charge in [0.25, 0.3) is 0 Å². The van der Waals surface area contributed by atoms with Crippen molar-refractivity contribution >= 4 is 0 Å². The van der Waals surface area contributed by atoms with Crippen molar-refractivity contribution < 1.29 is 0 Å². The van der Waals surface area contributed by atoms with Gasteiger partial charge >= 0.3 is 0 Å². The Morgan fingerprint density at radius 1 is 1.38 bits per heavy atom. The molecule has 1 fully saturated rings. The molecule has 0 radical (unpaired) electrons. The van der Waals surface area contributed by atoms with Gasteiger partial charge in [0.1, 0.15) is 5.82 Å². The molecule has 3 heteroatoms. The highest BCUT2D eigenvalue weighted by atomic mass is 15.1. The molecule has 3 rings (SSSR count). The van der Waals surface area contributed by atoms with E-state index in [4.69, 9.17) is 4.98 Å². The first-order valence-electron chi connectivity index (χ1n) is 6.62. The lowest BCUT2D eigenvalue weighted by atomic mass is 10.0. The van der Waals surface area contributed by atoms with E-state index >= 15 is 0 Å². The molecule has 0 amide bonds. The Balaban J connectivity index is 1.80. The molecular formula is C13H21N3. The predicted octanol–water partition coefficient (Wildman–Crippen LogP) is 2.28. The Kier molecular flexibility index (Phi) is 2.72. The van der Waals surface area contributed by atoms with Gasteiger partial charge in [0, 0.05) is 19.2 Å². The smallest absolute Gasteiger partial charge is 0.109 e. The Hall–Kier alpha value is -0.830. The van der Waals surface area contributed by atoms with Crippen LogP contribution in [0.25, 0.3) is 0 Å². The maximum atomic E-state index is 4.83. The number of aryl methyl sites for hydroxylation is 1. The van der Waals surface area contributed by atoms with Crippen LogP contribution in [-0.2, 0) is 13.0 Å². The molecule has 0 aromatic carbocycles. The average molecular weight is 219 g/mol. The number of imidazole rings is 1. The van der Waals surface area contributed by atoms with Crippen LogP contribution in [0.2, 0.25) is 0 Å². The van der Waals surface area contributed by atoms with Crippen molar-refractivity contribution in [2.45, 2.75) is 51.6 Å². The van der Waals surface area contributed by atoms with Crippen molar-refractivity contribution in [3.05, 3.63) is 17.7 Å². The van der Waals surface area contributed by atoms with Crippen LogP contribution >= 0.6 is 0 Å². The molecule has 0 aliphatic carbocycles. The van der Waals surface area contributed by atoms with E-state index in [9.17, 15) is 0 Å². The number of fused-ring (bicyclic) bond motifs is 1. The molecule has 0 saturated carbocycles. The first-order valence-corrected chi connectivity index (χ1v) is 6.62. The Labute approximate surface area is 97.3 Å². The Bertz CT molecular complexity index is 363. The van der Waals surface area contributed by atoms with E-state index in [1.165, 1.54) is 37.2 Å². The van der Waals surface area contributed by atoms with Crippen LogP contribution in [-0.4, -0.2) is 16.1 Å². The van der Waals surface area contributed by atoms with Gasteiger partial charge in [-0.2, -0.15) is 0 Å². The summed E-state index contributed by atoms with van der Waals surface area (Å²) in [5.74, 6) is 2.11. The zero-order valence-electron chi connectivity index (χ0n) is 10.1. The molecular weight excluding hydrogens is 198 g/mol. The fourth-order valence-corrected chi connectivity index (χ4v) is 2.88. The third kappa shape index (κ3) is 1.88. The van der Waals surface area contributed by atoms with Crippen LogP contribution in [0.15, 0.2) is 6.20 Å². The minimum Gasteiger partial charge on any atom is -0.335 e. The van der Waals surface area contributed by atoms with E-state index in [0.29, 0.717) is 6.04 Å². The van der Waals surface area contributed by atoms with Gasteiger partial charge in [0.2, 0.25) is 0 Å². The lowest BCUT2D eigenvalue weighted by molar-refractivity contribution is 0.405. The molecule has 3 nitrogen and oxygen atoms in total. The maximum Gasteiger partial charge on any atom is 0.109 e. The molecule has 0 bridgehead atoms. The third-order valence-corrected chi connectivity index (χ3v) is 3.94. The molecule has 2 atom stereocenters. The fourth-order valence-electron chi connectivity index (χ4n) is 2.88. The second kappa shape index (κ2) is 4.21. The summed E-state index contributed by atoms with van der Waals surface area (Å²) in [4.78, 5) is 4.83. The van der Waals surface area contributed by atoms with Crippen LogP contribution in [0, 0.1) is 5.92 Å². The van der Waals surface area contributed by atoms with Crippen LogP contribution in [0.5, 0.6) is 0 Å². The van der Waals surface area contributed by atoms with Crippen molar-refractivity contribution in [3.8, 4) is 0 Å². The van der Waals surface area contributed by atoms with Crippen LogP contribution < -0.4 is 5.32 Å². The largest absolute Gasteiger partial charge is 0.335 e. The Morgan fingerprint density at radius 3 is 3.12 bits per heavy atom. The summed E-state index contributed by atoms with van der Waals surface area (Å²) in [6, 6.07) is 0.516. The predicted molar refractivity (Wildman–Crippen MR) is 64.3 cm³/mol. The minimum absolute atomic E-state index is 0.516. The lowest BCUT2D eigenvalue weighted by Gasteiger charge is -2.21. The highest BCUT2D eigenvalue weighted by Crippen LogP contribution is 2.25. The molecule has 1 aromatic rings. The summed E-state index contributed by atoms with van der Waals surface area (Å²) >= 11 is 0. The summed E-state index contributed by atoms with van der Waals surface area (Å²) in [5.41, 5.74) is 1.28. The molecule has 1 aromatic heterocycles. The number of rotatable bonds is 1. The number of hydrogen-bond donors (Lipinski definition) is 1. The molecule has 3 heterocycles. The fraction of sp³-hybridized carbons (Fsp3) is 0.769. The standard InChI is InChI=1S/C13H21N3/c1-10-5-7-16-9-12(15-13(16)8-10)11-4-2-3-6-14-11/h9-11,14H,2-8H2,1H3. The second-order valence-corrected chi connectivity index (χ2v) is 5.38. The van der Waals surface area contributed by atoms with Gasteiger partial charge in [-0.15, -0.1) is 0 Å². The van der Waals surface area contributed by atoms with Gasteiger partial charge in [-0.3, -0.25) is 0 Å². The molecule has 2 unspecified atom stereocenters. The van der Waals surface area contributed by atoms with E-state index in [1.54, 1.807) is 0 Å². The normalized spacial score (nSPS) is 30.1. The van der Waals surface area contributed by atoms with Crippen molar-refractivity contribution in [3.63, 3.8) is 0 Å². The zero-order valence-corrected chi connectivity index (χ0v) is 10.1. The Morgan fingerprint density at radius 2 is 2.31 bits per heavy atom. The molecule has 1 saturated heterocycles. The first kappa shape index (κ1) is 10.3. The van der Waals surface area contributed by atoms with Gasteiger partial charge in [-0.25, -0.2) is 4.98 Å². The quantitative estimate of drug-likeness (QED) is 0.785. The van der Waals surface area contributed by atoms with Crippen molar-refractivity contribution in [2.75, 3.05) is 6.54 Å². The molecule has 88 valence electrons. The number of hydrogen-bond acceptors (Lipinski definition) is 2. The number of aromatic nitrogens is 2. The summed E-state index contributed by atoms with van der Waals surface area (Å²) < 4.78 is 2.37.